The lowest BCUT2D eigenvalue weighted by atomic mass is 9.92. The summed E-state index contributed by atoms with van der Waals surface area (Å²) >= 11 is 0. The van der Waals surface area contributed by atoms with Crippen molar-refractivity contribution in [1.29, 1.82) is 0 Å². The number of likely N-dealkylation sites (tertiary alicyclic amines) is 1. The van der Waals surface area contributed by atoms with Crippen molar-refractivity contribution < 1.29 is 14.3 Å². The second-order valence-corrected chi connectivity index (χ2v) is 8.70. The summed E-state index contributed by atoms with van der Waals surface area (Å²) in [6, 6.07) is 4.76. The van der Waals surface area contributed by atoms with Crippen LogP contribution in [0.4, 0.5) is 10.5 Å². The van der Waals surface area contributed by atoms with E-state index in [0.29, 0.717) is 6.04 Å². The Morgan fingerprint density at radius 1 is 1.23 bits per heavy atom. The van der Waals surface area contributed by atoms with Crippen molar-refractivity contribution in [2.45, 2.75) is 57.7 Å². The van der Waals surface area contributed by atoms with Crippen molar-refractivity contribution in [1.82, 2.24) is 14.7 Å². The number of fused-ring (bicyclic) bond motifs is 1. The van der Waals surface area contributed by atoms with Crippen LogP contribution >= 0.6 is 0 Å². The van der Waals surface area contributed by atoms with E-state index in [1.807, 2.05) is 12.3 Å². The van der Waals surface area contributed by atoms with Crippen LogP contribution in [0.1, 0.15) is 44.7 Å². The molecule has 1 aliphatic carbocycles. The highest BCUT2D eigenvalue weighted by Crippen LogP contribution is 2.44. The first-order valence-electron chi connectivity index (χ1n) is 11.1. The Labute approximate surface area is 177 Å². The molecule has 1 saturated carbocycles. The number of methoxy groups -OCH3 is 1. The fraction of sp³-hybridized carbons (Fsp3) is 0.565. The molecule has 7 nitrogen and oxygen atoms in total. The number of rotatable bonds is 5. The van der Waals surface area contributed by atoms with Gasteiger partial charge in [0.05, 0.1) is 25.0 Å². The standard InChI is InChI=1S/C23H30N4O3/c1-4-25-13-18(14-25)30-22-19(16-11-24-26(12-16)17-6-7-17)9-10-21-20(22)8-5-15(2)27(21)23(28)29-3/h9-12,15,17-18H,4-8,13-14H2,1-3H3/t15-/m0/s1. The molecule has 0 radical (unpaired) electrons. The fourth-order valence-corrected chi connectivity index (χ4v) is 4.58. The van der Waals surface area contributed by atoms with E-state index >= 15 is 0 Å². The zero-order valence-corrected chi connectivity index (χ0v) is 18.0. The summed E-state index contributed by atoms with van der Waals surface area (Å²) in [6.45, 7) is 7.17. The van der Waals surface area contributed by atoms with Gasteiger partial charge in [-0.1, -0.05) is 6.92 Å². The molecule has 5 rings (SSSR count). The van der Waals surface area contributed by atoms with Gasteiger partial charge in [0.15, 0.2) is 0 Å². The molecule has 3 aliphatic rings. The van der Waals surface area contributed by atoms with E-state index in [-0.39, 0.29) is 18.2 Å². The van der Waals surface area contributed by atoms with Crippen LogP contribution in [-0.4, -0.2) is 59.7 Å². The van der Waals surface area contributed by atoms with Gasteiger partial charge in [0.25, 0.3) is 0 Å². The maximum absolute atomic E-state index is 12.5. The Morgan fingerprint density at radius 3 is 2.73 bits per heavy atom. The molecule has 1 amide bonds. The lowest BCUT2D eigenvalue weighted by Gasteiger charge is -2.40. The Morgan fingerprint density at radius 2 is 2.03 bits per heavy atom. The topological polar surface area (TPSA) is 59.8 Å². The summed E-state index contributed by atoms with van der Waals surface area (Å²) in [5.74, 6) is 0.907. The monoisotopic (exact) mass is 410 g/mol. The van der Waals surface area contributed by atoms with E-state index in [2.05, 4.69) is 40.8 Å². The Balaban J connectivity index is 1.55. The van der Waals surface area contributed by atoms with Gasteiger partial charge in [0.1, 0.15) is 11.9 Å². The van der Waals surface area contributed by atoms with E-state index in [9.17, 15) is 4.79 Å². The molecule has 3 heterocycles. The molecule has 160 valence electrons. The second-order valence-electron chi connectivity index (χ2n) is 8.70. The van der Waals surface area contributed by atoms with E-state index in [1.165, 1.54) is 20.0 Å². The van der Waals surface area contributed by atoms with Crippen molar-refractivity contribution in [3.05, 3.63) is 30.1 Å². The lowest BCUT2D eigenvalue weighted by molar-refractivity contribution is 0.0236. The number of hydrogen-bond donors (Lipinski definition) is 0. The van der Waals surface area contributed by atoms with E-state index in [1.54, 1.807) is 4.90 Å². The Bertz CT molecular complexity index is 946. The molecule has 1 atom stereocenters. The van der Waals surface area contributed by atoms with Crippen LogP contribution in [0.15, 0.2) is 24.5 Å². The summed E-state index contributed by atoms with van der Waals surface area (Å²) in [5.41, 5.74) is 4.15. The van der Waals surface area contributed by atoms with E-state index in [4.69, 9.17) is 9.47 Å². The van der Waals surface area contributed by atoms with E-state index in [0.717, 1.165) is 60.6 Å². The summed E-state index contributed by atoms with van der Waals surface area (Å²) < 4.78 is 13.7. The Hall–Kier alpha value is -2.54. The largest absolute Gasteiger partial charge is 0.487 e. The lowest BCUT2D eigenvalue weighted by Crippen LogP contribution is -2.53. The fourth-order valence-electron chi connectivity index (χ4n) is 4.58. The molecule has 0 bridgehead atoms. The van der Waals surface area contributed by atoms with Crippen LogP contribution < -0.4 is 9.64 Å². The highest BCUT2D eigenvalue weighted by atomic mass is 16.5. The van der Waals surface area contributed by atoms with Gasteiger partial charge in [0, 0.05) is 42.0 Å². The minimum absolute atomic E-state index is 0.0977. The van der Waals surface area contributed by atoms with Crippen LogP contribution in [0, 0.1) is 0 Å². The predicted molar refractivity (Wildman–Crippen MR) is 115 cm³/mol. The minimum Gasteiger partial charge on any atom is -0.487 e. The number of likely N-dealkylation sites (N-methyl/N-ethyl adjacent to an activating group) is 1. The molecule has 2 aliphatic heterocycles. The van der Waals surface area contributed by atoms with Gasteiger partial charge in [-0.2, -0.15) is 5.10 Å². The molecule has 1 aromatic heterocycles. The number of carbonyl (C=O) groups is 1. The number of ether oxygens (including phenoxy) is 2. The molecule has 1 aromatic carbocycles. The molecular formula is C23H30N4O3. The van der Waals surface area contributed by atoms with Crippen molar-refractivity contribution in [3.8, 4) is 16.9 Å². The van der Waals surface area contributed by atoms with Gasteiger partial charge in [-0.3, -0.25) is 14.5 Å². The van der Waals surface area contributed by atoms with Gasteiger partial charge in [-0.25, -0.2) is 4.79 Å². The number of amides is 1. The van der Waals surface area contributed by atoms with Crippen LogP contribution in [0.2, 0.25) is 0 Å². The normalized spacial score (nSPS) is 21.8. The number of benzene rings is 1. The molecule has 0 spiro atoms. The number of carbonyl (C=O) groups excluding carboxylic acids is 1. The second kappa shape index (κ2) is 7.61. The summed E-state index contributed by atoms with van der Waals surface area (Å²) in [5, 5.41) is 4.58. The first kappa shape index (κ1) is 19.4. The van der Waals surface area contributed by atoms with Crippen LogP contribution in [-0.2, 0) is 11.2 Å². The number of aromatic nitrogens is 2. The van der Waals surface area contributed by atoms with Gasteiger partial charge >= 0.3 is 6.09 Å². The summed E-state index contributed by atoms with van der Waals surface area (Å²) in [6.07, 6.45) is 8.11. The molecule has 1 saturated heterocycles. The highest BCUT2D eigenvalue weighted by Gasteiger charge is 2.35. The number of hydrogen-bond acceptors (Lipinski definition) is 5. The first-order chi connectivity index (χ1) is 14.6. The average molecular weight is 411 g/mol. The molecule has 30 heavy (non-hydrogen) atoms. The molecule has 7 heteroatoms. The zero-order valence-electron chi connectivity index (χ0n) is 18.0. The highest BCUT2D eigenvalue weighted by molar-refractivity contribution is 5.92. The quantitative estimate of drug-likeness (QED) is 0.749. The molecule has 2 fully saturated rings. The van der Waals surface area contributed by atoms with Crippen LogP contribution in [0.5, 0.6) is 5.75 Å². The van der Waals surface area contributed by atoms with Gasteiger partial charge in [-0.15, -0.1) is 0 Å². The van der Waals surface area contributed by atoms with Crippen molar-refractivity contribution in [2.24, 2.45) is 0 Å². The first-order valence-corrected chi connectivity index (χ1v) is 11.1. The van der Waals surface area contributed by atoms with Gasteiger partial charge < -0.3 is 9.47 Å². The van der Waals surface area contributed by atoms with Gasteiger partial charge in [-0.05, 0) is 51.3 Å². The SMILES string of the molecule is CCN1CC(Oc2c(-c3cnn(C4CC4)c3)ccc3c2CC[C@H](C)N3C(=O)OC)C1. The number of anilines is 1. The zero-order chi connectivity index (χ0) is 20.8. The third-order valence-electron chi connectivity index (χ3n) is 6.61. The van der Waals surface area contributed by atoms with Crippen molar-refractivity contribution in [2.75, 3.05) is 31.6 Å². The van der Waals surface area contributed by atoms with Gasteiger partial charge in [0.2, 0.25) is 0 Å². The third-order valence-corrected chi connectivity index (χ3v) is 6.61. The maximum Gasteiger partial charge on any atom is 0.414 e. The molecule has 0 N–H and O–H groups in total. The minimum atomic E-state index is -0.315. The third kappa shape index (κ3) is 3.35. The van der Waals surface area contributed by atoms with Crippen molar-refractivity contribution >= 4 is 11.8 Å². The maximum atomic E-state index is 12.5. The molecular weight excluding hydrogens is 380 g/mol. The predicted octanol–water partition coefficient (Wildman–Crippen LogP) is 3.88. The molecule has 0 unspecified atom stereocenters. The molecule has 2 aromatic rings. The van der Waals surface area contributed by atoms with E-state index < -0.39 is 0 Å². The van der Waals surface area contributed by atoms with Crippen LogP contribution in [0.25, 0.3) is 11.1 Å². The average Bonchev–Trinajstić information content (AvgIpc) is 3.46. The smallest absolute Gasteiger partial charge is 0.414 e. The van der Waals surface area contributed by atoms with Crippen LogP contribution in [0.3, 0.4) is 0 Å². The van der Waals surface area contributed by atoms with Crippen molar-refractivity contribution in [3.63, 3.8) is 0 Å². The summed E-state index contributed by atoms with van der Waals surface area (Å²) in [4.78, 5) is 16.6. The number of nitrogens with zero attached hydrogens (tertiary/aromatic N) is 4. The Kier molecular flexibility index (Phi) is 4.93. The summed E-state index contributed by atoms with van der Waals surface area (Å²) in [7, 11) is 1.44.